The second kappa shape index (κ2) is 6.70. The number of carbonyl (C=O) groups excluding carboxylic acids is 2. The highest BCUT2D eigenvalue weighted by Crippen LogP contribution is 2.36. The third-order valence-corrected chi connectivity index (χ3v) is 4.15. The van der Waals surface area contributed by atoms with Gasteiger partial charge >= 0.3 is 12.1 Å². The molecule has 1 N–H and O–H groups in total. The number of rotatable bonds is 3. The number of fused-ring (bicyclic) bond motifs is 3. The van der Waals surface area contributed by atoms with E-state index < -0.39 is 17.7 Å². The topological polar surface area (TPSA) is 97.7 Å². The molecule has 0 bridgehead atoms. The Balaban J connectivity index is 2.18. The molecule has 0 atom stereocenters. The largest absolute Gasteiger partial charge is 0.505 e. The van der Waals surface area contributed by atoms with Crippen LogP contribution in [0.1, 0.15) is 26.3 Å². The van der Waals surface area contributed by atoms with Gasteiger partial charge in [-0.1, -0.05) is 6.08 Å². The first-order valence-electron chi connectivity index (χ1n) is 8.44. The molecule has 8 nitrogen and oxygen atoms in total. The van der Waals surface area contributed by atoms with Crippen LogP contribution in [0, 0.1) is 0 Å². The Bertz CT molecular complexity index is 972. The summed E-state index contributed by atoms with van der Waals surface area (Å²) in [6, 6.07) is 0. The van der Waals surface area contributed by atoms with Crippen molar-refractivity contribution in [2.45, 2.75) is 33.0 Å². The molecule has 8 heteroatoms. The van der Waals surface area contributed by atoms with Gasteiger partial charge in [0.15, 0.2) is 0 Å². The molecule has 1 aromatic rings. The number of hydrogen-bond donors (Lipinski definition) is 1. The van der Waals surface area contributed by atoms with Crippen molar-refractivity contribution in [2.75, 3.05) is 25.7 Å². The lowest BCUT2D eigenvalue weighted by Crippen LogP contribution is -2.38. The number of amides is 1. The van der Waals surface area contributed by atoms with Crippen molar-refractivity contribution < 1.29 is 28.9 Å². The van der Waals surface area contributed by atoms with Gasteiger partial charge in [-0.25, -0.2) is 14.6 Å². The van der Waals surface area contributed by atoms with Crippen molar-refractivity contribution in [3.63, 3.8) is 0 Å². The average Bonchev–Trinajstić information content (AvgIpc) is 3.20. The zero-order chi connectivity index (χ0) is 19.9. The van der Waals surface area contributed by atoms with Gasteiger partial charge in [-0.2, -0.15) is 0 Å². The number of benzene rings is 1. The lowest BCUT2D eigenvalue weighted by molar-refractivity contribution is -0.132. The van der Waals surface area contributed by atoms with E-state index >= 15 is 0 Å². The second-order valence-corrected chi connectivity index (χ2v) is 7.21. The summed E-state index contributed by atoms with van der Waals surface area (Å²) in [5, 5.41) is 12.0. The molecule has 0 aromatic heterocycles. The van der Waals surface area contributed by atoms with Crippen LogP contribution in [0.15, 0.2) is 4.99 Å². The minimum absolute atomic E-state index is 0.0671. The minimum Gasteiger partial charge on any atom is -0.505 e. The number of phenols is 1. The van der Waals surface area contributed by atoms with Gasteiger partial charge in [0.05, 0.1) is 19.4 Å². The van der Waals surface area contributed by atoms with Crippen LogP contribution in [0.25, 0.3) is 12.2 Å². The fourth-order valence-electron chi connectivity index (χ4n) is 3.11. The standard InChI is InChI=1S/C19H22N2O6/c1-19(2,3)27-18(24)21-7-6-10-11-8-13(17(23)26-5)20-14(11)16(22)12(9-25-4)15(10)21/h6,8,22H,7,9H2,1-5H3. The van der Waals surface area contributed by atoms with Crippen LogP contribution in [-0.2, 0) is 25.6 Å². The highest BCUT2D eigenvalue weighted by Gasteiger charge is 2.32. The van der Waals surface area contributed by atoms with Gasteiger partial charge in [-0.05, 0) is 26.8 Å². The predicted molar refractivity (Wildman–Crippen MR) is 99.7 cm³/mol. The van der Waals surface area contributed by atoms with Gasteiger partial charge in [0, 0.05) is 29.7 Å². The number of ether oxygens (including phenoxy) is 3. The summed E-state index contributed by atoms with van der Waals surface area (Å²) in [5.74, 6) is -0.737. The quantitative estimate of drug-likeness (QED) is 0.796. The maximum atomic E-state index is 12.7. The van der Waals surface area contributed by atoms with Crippen molar-refractivity contribution in [3.05, 3.63) is 16.0 Å². The number of nitrogens with zero attached hydrogens (tertiary/aromatic N) is 2. The third kappa shape index (κ3) is 3.28. The maximum absolute atomic E-state index is 12.7. The monoisotopic (exact) mass is 374 g/mol. The Hall–Kier alpha value is -2.87. The molecule has 0 saturated heterocycles. The molecule has 0 saturated carbocycles. The minimum atomic E-state index is -0.659. The fraction of sp³-hybridized carbons (Fsp3) is 0.421. The summed E-state index contributed by atoms with van der Waals surface area (Å²) in [4.78, 5) is 30.1. The summed E-state index contributed by atoms with van der Waals surface area (Å²) < 4.78 is 15.4. The number of esters is 1. The van der Waals surface area contributed by atoms with Crippen LogP contribution in [0.2, 0.25) is 0 Å². The molecule has 3 rings (SSSR count). The average molecular weight is 374 g/mol. The lowest BCUT2D eigenvalue weighted by Gasteiger charge is -2.26. The molecule has 0 spiro atoms. The maximum Gasteiger partial charge on any atom is 0.415 e. The number of carbonyl (C=O) groups is 2. The lowest BCUT2D eigenvalue weighted by atomic mass is 10.1. The fourth-order valence-corrected chi connectivity index (χ4v) is 3.11. The molecule has 144 valence electrons. The number of aliphatic imine (C=N–C) groups is 1. The smallest absolute Gasteiger partial charge is 0.415 e. The molecule has 0 unspecified atom stereocenters. The zero-order valence-electron chi connectivity index (χ0n) is 16.0. The van der Waals surface area contributed by atoms with Crippen LogP contribution in [0.4, 0.5) is 16.2 Å². The molecule has 2 aliphatic heterocycles. The summed E-state index contributed by atoms with van der Waals surface area (Å²) in [7, 11) is 2.75. The van der Waals surface area contributed by atoms with E-state index in [1.54, 1.807) is 26.8 Å². The van der Waals surface area contributed by atoms with E-state index in [9.17, 15) is 14.7 Å². The van der Waals surface area contributed by atoms with E-state index in [4.69, 9.17) is 14.2 Å². The Kier molecular flexibility index (Phi) is 4.69. The van der Waals surface area contributed by atoms with Gasteiger partial charge in [0.2, 0.25) is 0 Å². The van der Waals surface area contributed by atoms with Gasteiger partial charge < -0.3 is 19.3 Å². The highest BCUT2D eigenvalue weighted by molar-refractivity contribution is 6.49. The second-order valence-electron chi connectivity index (χ2n) is 7.21. The van der Waals surface area contributed by atoms with Crippen molar-refractivity contribution in [1.29, 1.82) is 0 Å². The van der Waals surface area contributed by atoms with E-state index in [2.05, 4.69) is 4.99 Å². The van der Waals surface area contributed by atoms with Gasteiger partial charge in [-0.3, -0.25) is 4.90 Å². The number of aromatic hydroxyl groups is 1. The first-order chi connectivity index (χ1) is 12.7. The van der Waals surface area contributed by atoms with Crippen LogP contribution in [0.5, 0.6) is 5.75 Å². The van der Waals surface area contributed by atoms with Gasteiger partial charge in [0.1, 0.15) is 22.7 Å². The number of hydrogen-bond acceptors (Lipinski definition) is 7. The molecule has 0 aliphatic carbocycles. The molecule has 1 amide bonds. The Morgan fingerprint density at radius 3 is 2.56 bits per heavy atom. The summed E-state index contributed by atoms with van der Waals surface area (Å²) >= 11 is 0. The zero-order valence-corrected chi connectivity index (χ0v) is 16.0. The van der Waals surface area contributed by atoms with Crippen molar-refractivity contribution in [1.82, 2.24) is 0 Å². The molecule has 1 aromatic carbocycles. The SMILES string of the molecule is COCc1c(O)c2c(c3c1N(C(=O)OC(C)(C)C)CC=3)=CC(C(=O)OC)=N2. The van der Waals surface area contributed by atoms with E-state index in [0.29, 0.717) is 21.7 Å². The van der Waals surface area contributed by atoms with Crippen LogP contribution in [-0.4, -0.2) is 49.2 Å². The molecular formula is C19H22N2O6. The van der Waals surface area contributed by atoms with E-state index in [-0.39, 0.29) is 30.3 Å². The predicted octanol–water partition coefficient (Wildman–Crippen LogP) is 1.11. The van der Waals surface area contributed by atoms with Crippen LogP contribution < -0.4 is 15.3 Å². The van der Waals surface area contributed by atoms with Gasteiger partial charge in [-0.15, -0.1) is 0 Å². The summed E-state index contributed by atoms with van der Waals surface area (Å²) in [6.07, 6.45) is 2.86. The Morgan fingerprint density at radius 2 is 1.96 bits per heavy atom. The first kappa shape index (κ1) is 18.9. The highest BCUT2D eigenvalue weighted by atomic mass is 16.6. The van der Waals surface area contributed by atoms with E-state index in [0.717, 1.165) is 0 Å². The van der Waals surface area contributed by atoms with Crippen molar-refractivity contribution >= 4 is 41.3 Å². The first-order valence-corrected chi connectivity index (χ1v) is 8.44. The third-order valence-electron chi connectivity index (χ3n) is 4.15. The summed E-state index contributed by atoms with van der Waals surface area (Å²) in [6.45, 7) is 5.69. The Morgan fingerprint density at radius 1 is 1.26 bits per heavy atom. The molecular weight excluding hydrogens is 352 g/mol. The molecule has 2 aliphatic rings. The number of methoxy groups -OCH3 is 2. The Labute approximate surface area is 156 Å². The summed E-state index contributed by atoms with van der Waals surface area (Å²) in [5.41, 5.74) is 0.606. The van der Waals surface area contributed by atoms with Gasteiger partial charge in [0.25, 0.3) is 0 Å². The molecule has 27 heavy (non-hydrogen) atoms. The van der Waals surface area contributed by atoms with Crippen LogP contribution >= 0.6 is 0 Å². The number of phenolic OH excluding ortho intramolecular Hbond substituents is 1. The molecule has 0 fully saturated rings. The van der Waals surface area contributed by atoms with E-state index in [1.165, 1.54) is 19.1 Å². The van der Waals surface area contributed by atoms with Crippen LogP contribution in [0.3, 0.4) is 0 Å². The molecule has 2 heterocycles. The number of anilines is 1. The van der Waals surface area contributed by atoms with Crippen molar-refractivity contribution in [2.24, 2.45) is 4.99 Å². The molecule has 0 radical (unpaired) electrons. The normalized spacial score (nSPS) is 14.7. The van der Waals surface area contributed by atoms with Crippen molar-refractivity contribution in [3.8, 4) is 5.75 Å². The van der Waals surface area contributed by atoms with E-state index in [1.807, 2.05) is 6.08 Å².